The molecule has 0 fully saturated rings. The zero-order valence-corrected chi connectivity index (χ0v) is 9.59. The monoisotopic (exact) mass is 234 g/mol. The van der Waals surface area contributed by atoms with Crippen LogP contribution in [-0.4, -0.2) is 21.9 Å². The highest BCUT2D eigenvalue weighted by Crippen LogP contribution is 2.19. The number of hydrogen-bond acceptors (Lipinski definition) is 5. The molecular formula is C12H14N2O3. The van der Waals surface area contributed by atoms with Gasteiger partial charge in [-0.1, -0.05) is 18.2 Å². The molecule has 5 heteroatoms. The van der Waals surface area contributed by atoms with Crippen LogP contribution in [0.1, 0.15) is 17.3 Å². The first kappa shape index (κ1) is 11.6. The summed E-state index contributed by atoms with van der Waals surface area (Å²) < 4.78 is 10.8. The number of aliphatic hydroxyl groups excluding tert-OH is 1. The van der Waals surface area contributed by atoms with Gasteiger partial charge in [0.2, 0.25) is 5.89 Å². The molecule has 0 radical (unpaired) electrons. The Balaban J connectivity index is 2.03. The van der Waals surface area contributed by atoms with Gasteiger partial charge in [-0.05, 0) is 18.1 Å². The maximum absolute atomic E-state index is 8.94. The normalized spacial score (nSPS) is 10.5. The molecule has 2 rings (SSSR count). The van der Waals surface area contributed by atoms with Crippen LogP contribution in [0, 0.1) is 6.92 Å². The summed E-state index contributed by atoms with van der Waals surface area (Å²) in [4.78, 5) is 0. The maximum atomic E-state index is 8.94. The predicted octanol–water partition coefficient (Wildman–Crippen LogP) is 1.49. The van der Waals surface area contributed by atoms with Crippen molar-refractivity contribution in [3.63, 3.8) is 0 Å². The van der Waals surface area contributed by atoms with Gasteiger partial charge >= 0.3 is 0 Å². The minimum Gasteiger partial charge on any atom is -0.484 e. The van der Waals surface area contributed by atoms with Gasteiger partial charge in [0.25, 0.3) is 5.89 Å². The summed E-state index contributed by atoms with van der Waals surface area (Å²) in [5.74, 6) is 1.70. The summed E-state index contributed by atoms with van der Waals surface area (Å²) in [6, 6.07) is 7.57. The van der Waals surface area contributed by atoms with E-state index < -0.39 is 0 Å². The lowest BCUT2D eigenvalue weighted by molar-refractivity contribution is 0.254. The molecule has 0 bridgehead atoms. The molecule has 0 atom stereocenters. The molecule has 0 saturated carbocycles. The van der Waals surface area contributed by atoms with Gasteiger partial charge in [0, 0.05) is 13.5 Å². The van der Waals surface area contributed by atoms with Crippen LogP contribution in [0.2, 0.25) is 0 Å². The summed E-state index contributed by atoms with van der Waals surface area (Å²) >= 11 is 0. The van der Waals surface area contributed by atoms with Gasteiger partial charge in [-0.15, -0.1) is 10.2 Å². The molecule has 0 saturated heterocycles. The number of para-hydroxylation sites is 1. The van der Waals surface area contributed by atoms with E-state index in [0.29, 0.717) is 18.2 Å². The van der Waals surface area contributed by atoms with Crippen LogP contribution in [0.4, 0.5) is 0 Å². The molecule has 1 heterocycles. The predicted molar refractivity (Wildman–Crippen MR) is 60.6 cm³/mol. The molecule has 90 valence electrons. The van der Waals surface area contributed by atoms with Gasteiger partial charge in [-0.2, -0.15) is 0 Å². The number of benzene rings is 1. The molecule has 0 amide bonds. The van der Waals surface area contributed by atoms with Gasteiger partial charge in [-0.3, -0.25) is 0 Å². The second-order valence-corrected chi connectivity index (χ2v) is 3.58. The van der Waals surface area contributed by atoms with Gasteiger partial charge in [0.15, 0.2) is 6.61 Å². The van der Waals surface area contributed by atoms with Crippen molar-refractivity contribution in [3.05, 3.63) is 41.6 Å². The second-order valence-electron chi connectivity index (χ2n) is 3.58. The second kappa shape index (κ2) is 5.45. The van der Waals surface area contributed by atoms with Crippen molar-refractivity contribution in [3.8, 4) is 5.75 Å². The Kier molecular flexibility index (Phi) is 3.72. The topological polar surface area (TPSA) is 68.4 Å². The maximum Gasteiger partial charge on any atom is 0.253 e. The van der Waals surface area contributed by atoms with E-state index in [1.54, 1.807) is 6.92 Å². The van der Waals surface area contributed by atoms with E-state index in [9.17, 15) is 0 Å². The molecule has 5 nitrogen and oxygen atoms in total. The fourth-order valence-corrected chi connectivity index (χ4v) is 1.51. The highest BCUT2D eigenvalue weighted by molar-refractivity contribution is 5.33. The summed E-state index contributed by atoms with van der Waals surface area (Å²) in [5.41, 5.74) is 0.964. The molecule has 0 aliphatic carbocycles. The Hall–Kier alpha value is -1.88. The Morgan fingerprint density at radius 3 is 2.82 bits per heavy atom. The highest BCUT2D eigenvalue weighted by atomic mass is 16.5. The van der Waals surface area contributed by atoms with Gasteiger partial charge in [0.1, 0.15) is 5.75 Å². The zero-order chi connectivity index (χ0) is 12.1. The molecule has 2 aromatic rings. The first-order chi connectivity index (χ1) is 8.29. The number of rotatable bonds is 5. The largest absolute Gasteiger partial charge is 0.484 e. The number of nitrogens with zero attached hydrogens (tertiary/aromatic N) is 2. The molecule has 0 aliphatic heterocycles. The lowest BCUT2D eigenvalue weighted by Crippen LogP contribution is -2.00. The molecule has 17 heavy (non-hydrogen) atoms. The minimum absolute atomic E-state index is 0.0973. The number of ether oxygens (including phenoxy) is 1. The lowest BCUT2D eigenvalue weighted by atomic mass is 10.1. The fourth-order valence-electron chi connectivity index (χ4n) is 1.51. The standard InChI is InChI=1S/C12H14N2O3/c1-9-13-14-12(17-9)8-16-11-5-3-2-4-10(11)6-7-15/h2-5,15H,6-8H2,1H3. The van der Waals surface area contributed by atoms with E-state index in [-0.39, 0.29) is 13.2 Å². The van der Waals surface area contributed by atoms with Crippen molar-refractivity contribution in [2.24, 2.45) is 0 Å². The van der Waals surface area contributed by atoms with E-state index in [1.807, 2.05) is 24.3 Å². The Bertz CT molecular complexity index is 482. The van der Waals surface area contributed by atoms with Crippen molar-refractivity contribution in [2.75, 3.05) is 6.61 Å². The molecule has 1 N–H and O–H groups in total. The van der Waals surface area contributed by atoms with E-state index in [1.165, 1.54) is 0 Å². The molecule has 0 unspecified atom stereocenters. The molecule has 1 aromatic carbocycles. The average Bonchev–Trinajstić information content (AvgIpc) is 2.74. The third kappa shape index (κ3) is 3.04. The number of aliphatic hydroxyl groups is 1. The van der Waals surface area contributed by atoms with Crippen LogP contribution >= 0.6 is 0 Å². The number of aryl methyl sites for hydroxylation is 1. The minimum atomic E-state index is 0.0973. The third-order valence-electron chi connectivity index (χ3n) is 2.27. The fraction of sp³-hybridized carbons (Fsp3) is 0.333. The Morgan fingerprint density at radius 2 is 2.12 bits per heavy atom. The SMILES string of the molecule is Cc1nnc(COc2ccccc2CCO)o1. The first-order valence-electron chi connectivity index (χ1n) is 5.40. The average molecular weight is 234 g/mol. The van der Waals surface area contributed by atoms with Crippen LogP contribution in [-0.2, 0) is 13.0 Å². The van der Waals surface area contributed by atoms with E-state index in [0.717, 1.165) is 11.3 Å². The van der Waals surface area contributed by atoms with E-state index in [4.69, 9.17) is 14.3 Å². The van der Waals surface area contributed by atoms with Crippen molar-refractivity contribution in [1.82, 2.24) is 10.2 Å². The molecular weight excluding hydrogens is 220 g/mol. The van der Waals surface area contributed by atoms with Gasteiger partial charge < -0.3 is 14.3 Å². The number of hydrogen-bond donors (Lipinski definition) is 1. The van der Waals surface area contributed by atoms with Gasteiger partial charge in [0.05, 0.1) is 0 Å². The quantitative estimate of drug-likeness (QED) is 0.848. The van der Waals surface area contributed by atoms with Crippen molar-refractivity contribution < 1.29 is 14.3 Å². The van der Waals surface area contributed by atoms with E-state index in [2.05, 4.69) is 10.2 Å². The van der Waals surface area contributed by atoms with E-state index >= 15 is 0 Å². The lowest BCUT2D eigenvalue weighted by Gasteiger charge is -2.08. The first-order valence-corrected chi connectivity index (χ1v) is 5.40. The van der Waals surface area contributed by atoms with Crippen LogP contribution < -0.4 is 4.74 Å². The smallest absolute Gasteiger partial charge is 0.253 e. The van der Waals surface area contributed by atoms with Crippen LogP contribution in [0.5, 0.6) is 5.75 Å². The van der Waals surface area contributed by atoms with Crippen LogP contribution in [0.15, 0.2) is 28.7 Å². The molecule has 0 spiro atoms. The van der Waals surface area contributed by atoms with Crippen molar-refractivity contribution in [2.45, 2.75) is 20.0 Å². The molecule has 1 aromatic heterocycles. The summed E-state index contributed by atoms with van der Waals surface area (Å²) in [5, 5.41) is 16.5. The summed E-state index contributed by atoms with van der Waals surface area (Å²) in [7, 11) is 0. The summed E-state index contributed by atoms with van der Waals surface area (Å²) in [6.07, 6.45) is 0.568. The Morgan fingerprint density at radius 1 is 1.29 bits per heavy atom. The number of aromatic nitrogens is 2. The van der Waals surface area contributed by atoms with Crippen LogP contribution in [0.25, 0.3) is 0 Å². The Labute approximate surface area is 99.1 Å². The van der Waals surface area contributed by atoms with Crippen LogP contribution in [0.3, 0.4) is 0 Å². The third-order valence-corrected chi connectivity index (χ3v) is 2.27. The van der Waals surface area contributed by atoms with Gasteiger partial charge in [-0.25, -0.2) is 0 Å². The van der Waals surface area contributed by atoms with Crippen molar-refractivity contribution in [1.29, 1.82) is 0 Å². The van der Waals surface area contributed by atoms with Crippen molar-refractivity contribution >= 4 is 0 Å². The zero-order valence-electron chi connectivity index (χ0n) is 9.59. The molecule has 0 aliphatic rings. The summed E-state index contributed by atoms with van der Waals surface area (Å²) in [6.45, 7) is 2.07. The highest BCUT2D eigenvalue weighted by Gasteiger charge is 2.06.